The summed E-state index contributed by atoms with van der Waals surface area (Å²) in [5.41, 5.74) is -2.18. The molecule has 2 aromatic heterocycles. The van der Waals surface area contributed by atoms with Crippen molar-refractivity contribution in [2.45, 2.75) is 25.1 Å². The van der Waals surface area contributed by atoms with Crippen LogP contribution < -0.4 is 20.5 Å². The van der Waals surface area contributed by atoms with Gasteiger partial charge in [0.25, 0.3) is 5.91 Å². The van der Waals surface area contributed by atoms with Crippen LogP contribution in [0, 0.1) is 5.82 Å². The van der Waals surface area contributed by atoms with Gasteiger partial charge in [-0.1, -0.05) is 0 Å². The van der Waals surface area contributed by atoms with E-state index in [4.69, 9.17) is 9.47 Å². The van der Waals surface area contributed by atoms with Gasteiger partial charge < -0.3 is 29.6 Å². The van der Waals surface area contributed by atoms with Gasteiger partial charge in [0.1, 0.15) is 11.9 Å². The van der Waals surface area contributed by atoms with E-state index in [0.717, 1.165) is 19.0 Å². The first-order chi connectivity index (χ1) is 19.6. The molecule has 2 N–H and O–H groups in total. The molecule has 4 heterocycles. The number of rotatable bonds is 6. The zero-order chi connectivity index (χ0) is 29.1. The molecule has 5 rings (SSSR count). The highest BCUT2D eigenvalue weighted by molar-refractivity contribution is 6.07. The van der Waals surface area contributed by atoms with Gasteiger partial charge in [0.05, 0.1) is 35.7 Å². The summed E-state index contributed by atoms with van der Waals surface area (Å²) in [5.74, 6) is -1.31. The maximum absolute atomic E-state index is 15.5. The van der Waals surface area contributed by atoms with E-state index < -0.39 is 34.6 Å². The quantitative estimate of drug-likeness (QED) is 0.426. The number of benzene rings is 1. The van der Waals surface area contributed by atoms with Gasteiger partial charge in [-0.3, -0.25) is 9.59 Å². The van der Waals surface area contributed by atoms with Crippen LogP contribution in [0.25, 0.3) is 11.1 Å². The van der Waals surface area contributed by atoms with Crippen molar-refractivity contribution in [1.82, 2.24) is 14.9 Å². The van der Waals surface area contributed by atoms with Crippen LogP contribution in [0.4, 0.5) is 28.9 Å². The highest BCUT2D eigenvalue weighted by Gasteiger charge is 2.36. The third-order valence-corrected chi connectivity index (χ3v) is 7.16. The van der Waals surface area contributed by atoms with Gasteiger partial charge in [-0.25, -0.2) is 9.37 Å². The summed E-state index contributed by atoms with van der Waals surface area (Å²) in [6, 6.07) is 6.23. The fraction of sp³-hybridized carbons (Fsp3) is 0.393. The molecule has 0 aliphatic carbocycles. The van der Waals surface area contributed by atoms with E-state index in [-0.39, 0.29) is 17.4 Å². The Bertz CT molecular complexity index is 1450. The second-order valence-electron chi connectivity index (χ2n) is 10.0. The summed E-state index contributed by atoms with van der Waals surface area (Å²) in [6.45, 7) is 3.59. The number of hydrogen-bond acceptors (Lipinski definition) is 7. The zero-order valence-electron chi connectivity index (χ0n) is 22.3. The number of nitrogens with one attached hydrogen (secondary N) is 2. The lowest BCUT2D eigenvalue weighted by molar-refractivity contribution is -0.138. The normalized spacial score (nSPS) is 17.0. The molecule has 3 aromatic rings. The molecule has 0 atom stereocenters. The standard InChI is InChI=1S/C28H29F4N5O4/c1-36-6-8-37(9-7-36)24-14-22(29)19(17-2-3-26(34-15-17)41-18-4-10-40-11-5-18)12-23(24)35-27(39)20-16-33-25(38)13-21(20)28(30,31)32/h2-3,12-16,18H,4-11H2,1H3,(H,33,38)(H,35,39). The highest BCUT2D eigenvalue weighted by atomic mass is 19.4. The Morgan fingerprint density at radius 3 is 2.51 bits per heavy atom. The van der Waals surface area contributed by atoms with Gasteiger partial charge in [-0.05, 0) is 25.2 Å². The molecule has 0 saturated carbocycles. The first-order valence-corrected chi connectivity index (χ1v) is 13.2. The summed E-state index contributed by atoms with van der Waals surface area (Å²) in [5, 5.41) is 2.53. The smallest absolute Gasteiger partial charge is 0.417 e. The molecule has 2 fully saturated rings. The molecule has 0 unspecified atom stereocenters. The Labute approximate surface area is 233 Å². The van der Waals surface area contributed by atoms with Crippen LogP contribution in [0.1, 0.15) is 28.8 Å². The van der Waals surface area contributed by atoms with E-state index in [0.29, 0.717) is 62.6 Å². The van der Waals surface area contributed by atoms with E-state index in [1.54, 1.807) is 12.1 Å². The number of amides is 1. The van der Waals surface area contributed by atoms with Gasteiger partial charge in [-0.2, -0.15) is 13.2 Å². The summed E-state index contributed by atoms with van der Waals surface area (Å²) >= 11 is 0. The topological polar surface area (TPSA) is 99.8 Å². The third-order valence-electron chi connectivity index (χ3n) is 7.16. The minimum Gasteiger partial charge on any atom is -0.474 e. The van der Waals surface area contributed by atoms with E-state index in [9.17, 15) is 22.8 Å². The van der Waals surface area contributed by atoms with Crippen molar-refractivity contribution < 1.29 is 31.8 Å². The third kappa shape index (κ3) is 6.68. The first-order valence-electron chi connectivity index (χ1n) is 13.2. The molecule has 1 amide bonds. The molecule has 0 bridgehead atoms. The van der Waals surface area contributed by atoms with E-state index in [1.165, 1.54) is 18.3 Å². The molecule has 1 aromatic carbocycles. The van der Waals surface area contributed by atoms with Gasteiger partial charge in [-0.15, -0.1) is 0 Å². The second kappa shape index (κ2) is 11.9. The predicted octanol–water partition coefficient (Wildman–Crippen LogP) is 4.16. The summed E-state index contributed by atoms with van der Waals surface area (Å²) in [6.07, 6.45) is -1.33. The maximum Gasteiger partial charge on any atom is 0.417 e. The highest BCUT2D eigenvalue weighted by Crippen LogP contribution is 2.36. The molecular weight excluding hydrogens is 546 g/mol. The molecule has 9 nitrogen and oxygen atoms in total. The molecule has 41 heavy (non-hydrogen) atoms. The number of carbonyl (C=O) groups excluding carboxylic acids is 1. The van der Waals surface area contributed by atoms with Gasteiger partial charge in [0.2, 0.25) is 11.4 Å². The first kappa shape index (κ1) is 28.6. The lowest BCUT2D eigenvalue weighted by Gasteiger charge is -2.35. The second-order valence-corrected chi connectivity index (χ2v) is 10.0. The lowest BCUT2D eigenvalue weighted by Crippen LogP contribution is -2.44. The van der Waals surface area contributed by atoms with Gasteiger partial charge in [0.15, 0.2) is 0 Å². The van der Waals surface area contributed by atoms with E-state index in [1.807, 2.05) is 11.9 Å². The number of hydrogen-bond donors (Lipinski definition) is 2. The van der Waals surface area contributed by atoms with Crippen LogP contribution >= 0.6 is 0 Å². The molecule has 0 radical (unpaired) electrons. The fourth-order valence-electron chi connectivity index (χ4n) is 4.85. The van der Waals surface area contributed by atoms with Crippen molar-refractivity contribution in [3.05, 3.63) is 70.0 Å². The van der Waals surface area contributed by atoms with Crippen molar-refractivity contribution in [2.75, 3.05) is 56.7 Å². The molecule has 2 aliphatic rings. The molecule has 13 heteroatoms. The predicted molar refractivity (Wildman–Crippen MR) is 144 cm³/mol. The van der Waals surface area contributed by atoms with Gasteiger partial charge in [0, 0.05) is 74.7 Å². The van der Waals surface area contributed by atoms with Gasteiger partial charge >= 0.3 is 6.18 Å². The van der Waals surface area contributed by atoms with E-state index in [2.05, 4.69) is 20.2 Å². The number of piperazine rings is 1. The summed E-state index contributed by atoms with van der Waals surface area (Å²) in [4.78, 5) is 35.1. The zero-order valence-corrected chi connectivity index (χ0v) is 22.3. The van der Waals surface area contributed by atoms with E-state index >= 15 is 4.39 Å². The molecule has 0 spiro atoms. The lowest BCUT2D eigenvalue weighted by atomic mass is 10.0. The Morgan fingerprint density at radius 2 is 1.85 bits per heavy atom. The van der Waals surface area contributed by atoms with Crippen LogP contribution in [-0.2, 0) is 10.9 Å². The number of H-pyrrole nitrogens is 1. The van der Waals surface area contributed by atoms with Crippen molar-refractivity contribution in [1.29, 1.82) is 0 Å². The number of aromatic nitrogens is 2. The Hall–Kier alpha value is -3.97. The van der Waals surface area contributed by atoms with Crippen molar-refractivity contribution in [3.8, 4) is 17.0 Å². The number of carbonyl (C=O) groups is 1. The largest absolute Gasteiger partial charge is 0.474 e. The van der Waals surface area contributed by atoms with Crippen molar-refractivity contribution in [3.63, 3.8) is 0 Å². The van der Waals surface area contributed by atoms with Crippen LogP contribution in [0.15, 0.2) is 47.5 Å². The number of ether oxygens (including phenoxy) is 2. The van der Waals surface area contributed by atoms with Crippen LogP contribution in [-0.4, -0.2) is 73.3 Å². The summed E-state index contributed by atoms with van der Waals surface area (Å²) in [7, 11) is 1.95. The summed E-state index contributed by atoms with van der Waals surface area (Å²) < 4.78 is 67.7. The van der Waals surface area contributed by atoms with Crippen molar-refractivity contribution in [2.24, 2.45) is 0 Å². The molecule has 218 valence electrons. The molecule has 2 saturated heterocycles. The number of likely N-dealkylation sites (N-methyl/N-ethyl adjacent to an activating group) is 1. The maximum atomic E-state index is 15.5. The minimum atomic E-state index is -4.94. The Kier molecular flexibility index (Phi) is 8.27. The van der Waals surface area contributed by atoms with Crippen molar-refractivity contribution >= 4 is 17.3 Å². The SMILES string of the molecule is CN1CCN(c2cc(F)c(-c3ccc(OC4CCOCC4)nc3)cc2NC(=O)c2c[nH]c(=O)cc2C(F)(F)F)CC1. The number of pyridine rings is 2. The number of halogens is 4. The minimum absolute atomic E-state index is 0.0296. The number of alkyl halides is 3. The van der Waals surface area contributed by atoms with Crippen LogP contribution in [0.5, 0.6) is 5.88 Å². The molecule has 2 aliphatic heterocycles. The van der Waals surface area contributed by atoms with Crippen LogP contribution in [0.2, 0.25) is 0 Å². The Balaban J connectivity index is 1.48. The number of nitrogens with zero attached hydrogens (tertiary/aromatic N) is 3. The monoisotopic (exact) mass is 575 g/mol. The molecular formula is C28H29F4N5O4. The van der Waals surface area contributed by atoms with Crippen LogP contribution in [0.3, 0.4) is 0 Å². The number of anilines is 2. The average molecular weight is 576 g/mol. The number of aromatic amines is 1. The Morgan fingerprint density at radius 1 is 1.12 bits per heavy atom. The fourth-order valence-corrected chi connectivity index (χ4v) is 4.85. The average Bonchev–Trinajstić information content (AvgIpc) is 2.95.